The number of carbonyl (C=O) groups is 1. The highest BCUT2D eigenvalue weighted by Gasteiger charge is 2.30. The molecule has 2 heterocycles. The highest BCUT2D eigenvalue weighted by atomic mass is 16.1. The lowest BCUT2D eigenvalue weighted by molar-refractivity contribution is -0.127. The second kappa shape index (κ2) is 7.47. The summed E-state index contributed by atoms with van der Waals surface area (Å²) in [7, 11) is 1.93. The summed E-state index contributed by atoms with van der Waals surface area (Å²) in [6.45, 7) is 4.68. The van der Waals surface area contributed by atoms with Crippen LogP contribution in [-0.4, -0.2) is 39.7 Å². The van der Waals surface area contributed by atoms with Crippen molar-refractivity contribution in [1.29, 1.82) is 0 Å². The predicted molar refractivity (Wildman–Crippen MR) is 91.0 cm³/mol. The van der Waals surface area contributed by atoms with Gasteiger partial charge < -0.3 is 5.32 Å². The molecule has 3 rings (SSSR count). The van der Waals surface area contributed by atoms with Crippen molar-refractivity contribution in [3.8, 4) is 0 Å². The summed E-state index contributed by atoms with van der Waals surface area (Å²) in [5.41, 5.74) is 2.06. The molecule has 2 aliphatic rings. The van der Waals surface area contributed by atoms with Crippen molar-refractivity contribution in [2.45, 2.75) is 64.5 Å². The largest absolute Gasteiger partial charge is 0.350 e. The third-order valence-electron chi connectivity index (χ3n) is 5.46. The van der Waals surface area contributed by atoms with E-state index in [2.05, 4.69) is 15.3 Å². The van der Waals surface area contributed by atoms with E-state index in [0.717, 1.165) is 36.8 Å². The fourth-order valence-electron chi connectivity index (χ4n) is 4.15. The third-order valence-corrected chi connectivity index (χ3v) is 5.46. The first kappa shape index (κ1) is 16.5. The normalized spacial score (nSPS) is 23.8. The summed E-state index contributed by atoms with van der Waals surface area (Å²) in [4.78, 5) is 15.1. The second-order valence-electron chi connectivity index (χ2n) is 7.24. The molecule has 0 bridgehead atoms. The first-order valence-corrected chi connectivity index (χ1v) is 9.15. The van der Waals surface area contributed by atoms with Crippen LogP contribution in [0.5, 0.6) is 0 Å². The molecule has 0 unspecified atom stereocenters. The molecule has 1 atom stereocenters. The first-order valence-electron chi connectivity index (χ1n) is 9.15. The van der Waals surface area contributed by atoms with Gasteiger partial charge >= 0.3 is 0 Å². The number of likely N-dealkylation sites (tertiary alicyclic amines) is 1. The van der Waals surface area contributed by atoms with Gasteiger partial charge in [0.1, 0.15) is 0 Å². The van der Waals surface area contributed by atoms with Crippen molar-refractivity contribution in [1.82, 2.24) is 20.0 Å². The maximum atomic E-state index is 12.6. The lowest BCUT2D eigenvalue weighted by Crippen LogP contribution is -2.47. The van der Waals surface area contributed by atoms with Crippen LogP contribution in [0, 0.1) is 12.8 Å². The topological polar surface area (TPSA) is 50.2 Å². The zero-order valence-corrected chi connectivity index (χ0v) is 14.6. The molecule has 1 aliphatic carbocycles. The Hall–Kier alpha value is -1.36. The summed E-state index contributed by atoms with van der Waals surface area (Å²) >= 11 is 0. The minimum Gasteiger partial charge on any atom is -0.350 e. The number of amides is 1. The van der Waals surface area contributed by atoms with E-state index in [1.165, 1.54) is 38.6 Å². The van der Waals surface area contributed by atoms with E-state index in [0.29, 0.717) is 6.54 Å². The maximum Gasteiger partial charge on any atom is 0.224 e. The fourth-order valence-corrected chi connectivity index (χ4v) is 4.15. The van der Waals surface area contributed by atoms with Gasteiger partial charge in [-0.25, -0.2) is 0 Å². The van der Waals surface area contributed by atoms with Gasteiger partial charge in [0.15, 0.2) is 0 Å². The van der Waals surface area contributed by atoms with Gasteiger partial charge in [0.05, 0.1) is 23.9 Å². The van der Waals surface area contributed by atoms with Crippen molar-refractivity contribution in [2.75, 3.05) is 13.1 Å². The number of aromatic nitrogens is 2. The molecule has 1 N–H and O–H groups in total. The van der Waals surface area contributed by atoms with E-state index in [9.17, 15) is 4.79 Å². The van der Waals surface area contributed by atoms with E-state index in [1.54, 1.807) is 0 Å². The Balaban J connectivity index is 1.51. The molecule has 1 saturated heterocycles. The number of hydrogen-bond acceptors (Lipinski definition) is 3. The molecule has 1 aliphatic heterocycles. The summed E-state index contributed by atoms with van der Waals surface area (Å²) in [5, 5.41) is 7.45. The minimum absolute atomic E-state index is 0.153. The minimum atomic E-state index is 0.153. The van der Waals surface area contributed by atoms with E-state index in [4.69, 9.17) is 0 Å². The molecule has 2 fully saturated rings. The van der Waals surface area contributed by atoms with Crippen molar-refractivity contribution < 1.29 is 4.79 Å². The van der Waals surface area contributed by atoms with Gasteiger partial charge in [-0.1, -0.05) is 19.3 Å². The Labute approximate surface area is 139 Å². The monoisotopic (exact) mass is 318 g/mol. The number of hydrogen-bond donors (Lipinski definition) is 1. The molecular weight excluding hydrogens is 288 g/mol. The molecule has 0 spiro atoms. The summed E-state index contributed by atoms with van der Waals surface area (Å²) < 4.78 is 1.85. The van der Waals surface area contributed by atoms with Gasteiger partial charge in [-0.15, -0.1) is 0 Å². The average molecular weight is 318 g/mol. The lowest BCUT2D eigenvalue weighted by Gasteiger charge is -2.39. The van der Waals surface area contributed by atoms with Gasteiger partial charge in [0.2, 0.25) is 5.91 Å². The smallest absolute Gasteiger partial charge is 0.224 e. The molecule has 1 aromatic heterocycles. The number of nitrogens with one attached hydrogen (secondary N) is 1. The van der Waals surface area contributed by atoms with Crippen molar-refractivity contribution >= 4 is 5.91 Å². The second-order valence-corrected chi connectivity index (χ2v) is 7.24. The molecule has 128 valence electrons. The van der Waals surface area contributed by atoms with E-state index in [-0.39, 0.29) is 11.8 Å². The van der Waals surface area contributed by atoms with Gasteiger partial charge in [-0.2, -0.15) is 5.10 Å². The highest BCUT2D eigenvalue weighted by Crippen LogP contribution is 2.27. The number of piperidine rings is 1. The Kier molecular flexibility index (Phi) is 5.36. The third kappa shape index (κ3) is 4.14. The summed E-state index contributed by atoms with van der Waals surface area (Å²) in [6, 6.07) is 2.76. The van der Waals surface area contributed by atoms with Gasteiger partial charge in [-0.05, 0) is 45.2 Å². The van der Waals surface area contributed by atoms with Crippen LogP contribution >= 0.6 is 0 Å². The average Bonchev–Trinajstić information content (AvgIpc) is 2.91. The summed E-state index contributed by atoms with van der Waals surface area (Å²) in [6.07, 6.45) is 8.93. The molecule has 0 radical (unpaired) electrons. The van der Waals surface area contributed by atoms with E-state index >= 15 is 0 Å². The van der Waals surface area contributed by atoms with Crippen LogP contribution in [0.4, 0.5) is 0 Å². The predicted octanol–water partition coefficient (Wildman–Crippen LogP) is 2.39. The molecule has 1 saturated carbocycles. The van der Waals surface area contributed by atoms with Crippen LogP contribution in [-0.2, 0) is 18.4 Å². The summed E-state index contributed by atoms with van der Waals surface area (Å²) in [5.74, 6) is 0.365. The standard InChI is InChI=1S/C18H30N4O/c1-14-11-17(21(2)20-14)12-19-18(23)15-7-6-10-22(13-15)16-8-4-3-5-9-16/h11,15-16H,3-10,12-13H2,1-2H3,(H,19,23)/t15-/m0/s1. The fraction of sp³-hybridized carbons (Fsp3) is 0.778. The Morgan fingerprint density at radius 2 is 2.04 bits per heavy atom. The highest BCUT2D eigenvalue weighted by molar-refractivity contribution is 5.78. The molecule has 23 heavy (non-hydrogen) atoms. The van der Waals surface area contributed by atoms with Gasteiger partial charge in [-0.3, -0.25) is 14.4 Å². The SMILES string of the molecule is Cc1cc(CNC(=O)[C@H]2CCCN(C3CCCCC3)C2)n(C)n1. The Morgan fingerprint density at radius 3 is 2.74 bits per heavy atom. The van der Waals surface area contributed by atoms with Crippen molar-refractivity contribution in [3.05, 3.63) is 17.5 Å². The van der Waals surface area contributed by atoms with E-state index in [1.807, 2.05) is 24.7 Å². The number of rotatable bonds is 4. The van der Waals surface area contributed by atoms with Crippen LogP contribution in [0.15, 0.2) is 6.07 Å². The molecule has 0 aromatic carbocycles. The van der Waals surface area contributed by atoms with Crippen LogP contribution < -0.4 is 5.32 Å². The van der Waals surface area contributed by atoms with Gasteiger partial charge in [0.25, 0.3) is 0 Å². The van der Waals surface area contributed by atoms with Crippen molar-refractivity contribution in [2.24, 2.45) is 13.0 Å². The molecule has 5 heteroatoms. The van der Waals surface area contributed by atoms with Crippen LogP contribution in [0.1, 0.15) is 56.3 Å². The van der Waals surface area contributed by atoms with Crippen molar-refractivity contribution in [3.63, 3.8) is 0 Å². The molecule has 1 aromatic rings. The maximum absolute atomic E-state index is 12.6. The lowest BCUT2D eigenvalue weighted by atomic mass is 9.90. The quantitative estimate of drug-likeness (QED) is 0.927. The zero-order chi connectivity index (χ0) is 16.2. The van der Waals surface area contributed by atoms with Crippen LogP contribution in [0.2, 0.25) is 0 Å². The van der Waals surface area contributed by atoms with Crippen LogP contribution in [0.25, 0.3) is 0 Å². The number of nitrogens with zero attached hydrogens (tertiary/aromatic N) is 3. The Bertz CT molecular complexity index is 533. The zero-order valence-electron chi connectivity index (χ0n) is 14.6. The first-order chi connectivity index (χ1) is 11.1. The number of aryl methyl sites for hydroxylation is 2. The van der Waals surface area contributed by atoms with E-state index < -0.39 is 0 Å². The van der Waals surface area contributed by atoms with Crippen LogP contribution in [0.3, 0.4) is 0 Å². The number of carbonyl (C=O) groups excluding carboxylic acids is 1. The van der Waals surface area contributed by atoms with Gasteiger partial charge in [0, 0.05) is 19.6 Å². The molecule has 5 nitrogen and oxygen atoms in total. The molecule has 1 amide bonds. The Morgan fingerprint density at radius 1 is 1.26 bits per heavy atom. The molecular formula is C18H30N4O.